The Hall–Kier alpha value is -1.60. The van der Waals surface area contributed by atoms with Crippen LogP contribution in [0.5, 0.6) is 0 Å². The molecule has 1 atom stereocenters. The molecule has 1 amide bonds. The molecule has 1 aliphatic rings. The number of rotatable bonds is 3. The highest BCUT2D eigenvalue weighted by Crippen LogP contribution is 2.29. The second-order valence-electron chi connectivity index (χ2n) is 3.98. The third kappa shape index (κ3) is 3.29. The third-order valence-electron chi connectivity index (χ3n) is 2.48. The van der Waals surface area contributed by atoms with Crippen LogP contribution >= 0.6 is 11.6 Å². The fraction of sp³-hybridized carbons (Fsp3) is 0.250. The van der Waals surface area contributed by atoms with Gasteiger partial charge in [-0.2, -0.15) is 13.2 Å². The van der Waals surface area contributed by atoms with Gasteiger partial charge < -0.3 is 4.74 Å². The van der Waals surface area contributed by atoms with E-state index >= 15 is 0 Å². The van der Waals surface area contributed by atoms with Crippen molar-refractivity contribution in [1.82, 2.24) is 0 Å². The third-order valence-corrected chi connectivity index (χ3v) is 2.72. The van der Waals surface area contributed by atoms with Crippen LogP contribution in [0.3, 0.4) is 0 Å². The maximum absolute atomic E-state index is 13.7. The van der Waals surface area contributed by atoms with Gasteiger partial charge in [-0.15, -0.1) is 0 Å². The number of hydrogen-bond acceptors (Lipinski definition) is 2. The number of alkyl halides is 3. The van der Waals surface area contributed by atoms with Gasteiger partial charge in [0.1, 0.15) is 12.4 Å². The van der Waals surface area contributed by atoms with Crippen LogP contribution < -0.4 is 4.90 Å². The molecule has 1 aromatic rings. The lowest BCUT2D eigenvalue weighted by atomic mass is 10.2. The van der Waals surface area contributed by atoms with Crippen molar-refractivity contribution in [1.29, 1.82) is 0 Å². The molecule has 0 fully saturated rings. The molecule has 1 unspecified atom stereocenters. The van der Waals surface area contributed by atoms with Crippen molar-refractivity contribution in [3.8, 4) is 0 Å². The van der Waals surface area contributed by atoms with Crippen LogP contribution in [0.1, 0.15) is 0 Å². The average molecular weight is 310 g/mol. The Labute approximate surface area is 116 Å². The highest BCUT2D eigenvalue weighted by Gasteiger charge is 2.35. The van der Waals surface area contributed by atoms with E-state index in [1.807, 2.05) is 0 Å². The van der Waals surface area contributed by atoms with E-state index < -0.39 is 30.7 Å². The number of nitrogens with zero attached hydrogens (tertiary/aromatic N) is 1. The number of anilines is 1. The molecule has 0 spiro atoms. The maximum Gasteiger partial charge on any atom is 0.411 e. The molecule has 0 radical (unpaired) electrons. The van der Waals surface area contributed by atoms with E-state index in [1.54, 1.807) is 0 Å². The lowest BCUT2D eigenvalue weighted by molar-refractivity contribution is -0.180. The van der Waals surface area contributed by atoms with Gasteiger partial charge in [-0.3, -0.25) is 9.69 Å². The van der Waals surface area contributed by atoms with Crippen molar-refractivity contribution in [3.63, 3.8) is 0 Å². The largest absolute Gasteiger partial charge is 0.411 e. The summed E-state index contributed by atoms with van der Waals surface area (Å²) in [4.78, 5) is 12.4. The van der Waals surface area contributed by atoms with Gasteiger partial charge >= 0.3 is 6.18 Å². The van der Waals surface area contributed by atoms with Gasteiger partial charge in [0.15, 0.2) is 6.23 Å². The number of benzene rings is 1. The molecular formula is C12H8ClF4NO2. The Bertz CT molecular complexity index is 559. The molecule has 1 aliphatic heterocycles. The minimum absolute atomic E-state index is 0.110. The fourth-order valence-corrected chi connectivity index (χ4v) is 1.86. The minimum Gasteiger partial charge on any atom is -0.345 e. The molecule has 0 saturated heterocycles. The van der Waals surface area contributed by atoms with Gasteiger partial charge in [0.25, 0.3) is 5.91 Å². The van der Waals surface area contributed by atoms with E-state index in [9.17, 15) is 22.4 Å². The minimum atomic E-state index is -4.54. The summed E-state index contributed by atoms with van der Waals surface area (Å²) in [6, 6.07) is 3.49. The van der Waals surface area contributed by atoms with Crippen molar-refractivity contribution < 1.29 is 27.1 Å². The smallest absolute Gasteiger partial charge is 0.345 e. The van der Waals surface area contributed by atoms with E-state index in [4.69, 9.17) is 11.6 Å². The lowest BCUT2D eigenvalue weighted by Crippen LogP contribution is -2.38. The van der Waals surface area contributed by atoms with Gasteiger partial charge in [-0.25, -0.2) is 4.39 Å². The Morgan fingerprint density at radius 3 is 2.65 bits per heavy atom. The SMILES string of the molecule is O=C1C=CC(OCC(F)(F)F)N1c1ccc(Cl)cc1F. The maximum atomic E-state index is 13.7. The van der Waals surface area contributed by atoms with Gasteiger partial charge in [0.05, 0.1) is 5.69 Å². The predicted molar refractivity (Wildman–Crippen MR) is 63.8 cm³/mol. The van der Waals surface area contributed by atoms with Crippen molar-refractivity contribution in [2.24, 2.45) is 0 Å². The summed E-state index contributed by atoms with van der Waals surface area (Å²) in [5.74, 6) is -1.49. The standard InChI is InChI=1S/C12H8ClF4NO2/c13-7-1-2-9(8(14)5-7)18-10(19)3-4-11(18)20-6-12(15,16)17/h1-5,11H,6H2. The van der Waals surface area contributed by atoms with Gasteiger partial charge in [-0.1, -0.05) is 11.6 Å². The van der Waals surface area contributed by atoms with E-state index in [2.05, 4.69) is 4.74 Å². The summed E-state index contributed by atoms with van der Waals surface area (Å²) in [5.41, 5.74) is -0.198. The summed E-state index contributed by atoms with van der Waals surface area (Å²) >= 11 is 5.58. The molecule has 0 N–H and O–H groups in total. The fourth-order valence-electron chi connectivity index (χ4n) is 1.70. The topological polar surface area (TPSA) is 29.5 Å². The number of ether oxygens (including phenoxy) is 1. The highest BCUT2D eigenvalue weighted by molar-refractivity contribution is 6.30. The molecule has 108 valence electrons. The van der Waals surface area contributed by atoms with E-state index in [0.29, 0.717) is 0 Å². The van der Waals surface area contributed by atoms with Gasteiger partial charge in [0.2, 0.25) is 0 Å². The van der Waals surface area contributed by atoms with Crippen molar-refractivity contribution >= 4 is 23.2 Å². The predicted octanol–water partition coefficient (Wildman–Crippen LogP) is 3.29. The summed E-state index contributed by atoms with van der Waals surface area (Å²) in [6.45, 7) is -1.54. The van der Waals surface area contributed by atoms with Crippen molar-refractivity contribution in [2.75, 3.05) is 11.5 Å². The second-order valence-corrected chi connectivity index (χ2v) is 4.42. The molecule has 3 nitrogen and oxygen atoms in total. The quantitative estimate of drug-likeness (QED) is 0.802. The zero-order chi connectivity index (χ0) is 14.9. The first-order valence-corrected chi connectivity index (χ1v) is 5.80. The first kappa shape index (κ1) is 14.8. The number of amides is 1. The molecule has 0 aliphatic carbocycles. The number of halogens is 5. The van der Waals surface area contributed by atoms with Crippen molar-refractivity contribution in [2.45, 2.75) is 12.4 Å². The van der Waals surface area contributed by atoms with Crippen LogP contribution in [-0.2, 0) is 9.53 Å². The molecule has 0 saturated carbocycles. The zero-order valence-electron chi connectivity index (χ0n) is 9.82. The summed E-state index contributed by atoms with van der Waals surface area (Å²) in [5, 5.41) is 0.110. The number of carbonyl (C=O) groups excluding carboxylic acids is 1. The summed E-state index contributed by atoms with van der Waals surface area (Å²) < 4.78 is 54.7. The Kier molecular flexibility index (Phi) is 4.01. The molecule has 0 aromatic heterocycles. The van der Waals surface area contributed by atoms with Crippen molar-refractivity contribution in [3.05, 3.63) is 41.2 Å². The normalized spacial score (nSPS) is 18.9. The lowest BCUT2D eigenvalue weighted by Gasteiger charge is -2.25. The van der Waals surface area contributed by atoms with Gasteiger partial charge in [0, 0.05) is 11.1 Å². The molecule has 2 rings (SSSR count). The number of carbonyl (C=O) groups is 1. The molecule has 8 heteroatoms. The first-order chi connectivity index (χ1) is 9.28. The molecule has 1 aromatic carbocycles. The Morgan fingerprint density at radius 2 is 2.05 bits per heavy atom. The van der Waals surface area contributed by atoms with E-state index in [-0.39, 0.29) is 10.7 Å². The second kappa shape index (κ2) is 5.41. The average Bonchev–Trinajstić information content (AvgIpc) is 2.68. The van der Waals surface area contributed by atoms with Crippen LogP contribution in [0.25, 0.3) is 0 Å². The Morgan fingerprint density at radius 1 is 1.35 bits per heavy atom. The highest BCUT2D eigenvalue weighted by atomic mass is 35.5. The van der Waals surface area contributed by atoms with Gasteiger partial charge in [-0.05, 0) is 24.3 Å². The molecular weight excluding hydrogens is 302 g/mol. The Balaban J connectivity index is 2.21. The number of hydrogen-bond donors (Lipinski definition) is 0. The zero-order valence-corrected chi connectivity index (χ0v) is 10.6. The van der Waals surface area contributed by atoms with Crippen LogP contribution in [0.4, 0.5) is 23.2 Å². The summed E-state index contributed by atoms with van der Waals surface area (Å²) in [6.07, 6.45) is -3.69. The van der Waals surface area contributed by atoms with Crippen LogP contribution in [0, 0.1) is 5.82 Å². The van der Waals surface area contributed by atoms with Crippen LogP contribution in [-0.4, -0.2) is 24.9 Å². The van der Waals surface area contributed by atoms with Crippen LogP contribution in [0.15, 0.2) is 30.4 Å². The van der Waals surface area contributed by atoms with Crippen LogP contribution in [0.2, 0.25) is 5.02 Å². The molecule has 0 bridgehead atoms. The molecule has 1 heterocycles. The van der Waals surface area contributed by atoms with E-state index in [0.717, 1.165) is 23.1 Å². The first-order valence-electron chi connectivity index (χ1n) is 5.43. The summed E-state index contributed by atoms with van der Waals surface area (Å²) in [7, 11) is 0. The monoisotopic (exact) mass is 309 g/mol. The molecule has 20 heavy (non-hydrogen) atoms. The van der Waals surface area contributed by atoms with E-state index in [1.165, 1.54) is 12.1 Å².